The molecule has 148 valence electrons. The zero-order chi connectivity index (χ0) is 19.3. The Bertz CT molecular complexity index is 798. The number of thioether (sulfide) groups is 2. The van der Waals surface area contributed by atoms with Crippen molar-refractivity contribution in [2.75, 3.05) is 49.7 Å². The standard InChI is InChI=1S/C22H26N2O2S2/c1-26-20-6-3-2-5-19(20)23-11-13-24(14-12-23)21(25)17-7-9-18(10-8-17)22-27-15-4-16-28-22/h2-3,5-10,22H,4,11-16H2,1H3. The molecule has 2 aromatic carbocycles. The maximum atomic E-state index is 12.9. The van der Waals surface area contributed by atoms with Crippen LogP contribution in [0.3, 0.4) is 0 Å². The number of hydrogen-bond donors (Lipinski definition) is 0. The van der Waals surface area contributed by atoms with Crippen LogP contribution in [0.4, 0.5) is 5.69 Å². The molecule has 1 amide bonds. The third-order valence-electron chi connectivity index (χ3n) is 5.25. The fraction of sp³-hybridized carbons (Fsp3) is 0.409. The summed E-state index contributed by atoms with van der Waals surface area (Å²) in [4.78, 5) is 17.2. The quantitative estimate of drug-likeness (QED) is 0.734. The highest BCUT2D eigenvalue weighted by molar-refractivity contribution is 8.16. The number of amides is 1. The first-order valence-corrected chi connectivity index (χ1v) is 11.9. The van der Waals surface area contributed by atoms with Gasteiger partial charge in [0.1, 0.15) is 5.75 Å². The van der Waals surface area contributed by atoms with Gasteiger partial charge in [0.25, 0.3) is 5.91 Å². The highest BCUT2D eigenvalue weighted by Gasteiger charge is 2.24. The average Bonchev–Trinajstić information content (AvgIpc) is 2.79. The minimum Gasteiger partial charge on any atom is -0.495 e. The number of benzene rings is 2. The second-order valence-electron chi connectivity index (χ2n) is 7.00. The van der Waals surface area contributed by atoms with E-state index in [1.165, 1.54) is 23.5 Å². The number of anilines is 1. The largest absolute Gasteiger partial charge is 0.495 e. The smallest absolute Gasteiger partial charge is 0.253 e. The van der Waals surface area contributed by atoms with E-state index >= 15 is 0 Å². The third-order valence-corrected chi connectivity index (χ3v) is 8.26. The second kappa shape index (κ2) is 9.14. The summed E-state index contributed by atoms with van der Waals surface area (Å²) < 4.78 is 5.99. The summed E-state index contributed by atoms with van der Waals surface area (Å²) in [5.41, 5.74) is 3.22. The van der Waals surface area contributed by atoms with E-state index in [0.717, 1.165) is 43.2 Å². The van der Waals surface area contributed by atoms with Gasteiger partial charge in [-0.2, -0.15) is 0 Å². The van der Waals surface area contributed by atoms with Gasteiger partial charge in [-0.05, 0) is 47.8 Å². The predicted octanol–water partition coefficient (Wildman–Crippen LogP) is 4.53. The number of nitrogens with zero attached hydrogens (tertiary/aromatic N) is 2. The first-order valence-electron chi connectivity index (χ1n) is 9.76. The normalized spacial score (nSPS) is 18.2. The maximum absolute atomic E-state index is 12.9. The van der Waals surface area contributed by atoms with Crippen LogP contribution in [-0.2, 0) is 0 Å². The van der Waals surface area contributed by atoms with Gasteiger partial charge in [-0.25, -0.2) is 0 Å². The van der Waals surface area contributed by atoms with Gasteiger partial charge in [-0.1, -0.05) is 24.3 Å². The zero-order valence-corrected chi connectivity index (χ0v) is 17.8. The Morgan fingerprint density at radius 3 is 2.32 bits per heavy atom. The number of carbonyl (C=O) groups excluding carboxylic acids is 1. The molecule has 0 spiro atoms. The van der Waals surface area contributed by atoms with Gasteiger partial charge < -0.3 is 14.5 Å². The molecule has 6 heteroatoms. The number of piperazine rings is 1. The Morgan fingerprint density at radius 2 is 1.64 bits per heavy atom. The fourth-order valence-corrected chi connectivity index (χ4v) is 6.58. The lowest BCUT2D eigenvalue weighted by atomic mass is 10.1. The number of methoxy groups -OCH3 is 1. The van der Waals surface area contributed by atoms with E-state index in [1.54, 1.807) is 7.11 Å². The Balaban J connectivity index is 1.37. The fourth-order valence-electron chi connectivity index (χ4n) is 3.69. The van der Waals surface area contributed by atoms with Gasteiger partial charge in [0.2, 0.25) is 0 Å². The summed E-state index contributed by atoms with van der Waals surface area (Å²) >= 11 is 4.02. The number of para-hydroxylation sites is 2. The summed E-state index contributed by atoms with van der Waals surface area (Å²) in [5.74, 6) is 3.48. The summed E-state index contributed by atoms with van der Waals surface area (Å²) in [7, 11) is 1.70. The van der Waals surface area contributed by atoms with Crippen molar-refractivity contribution < 1.29 is 9.53 Å². The SMILES string of the molecule is COc1ccccc1N1CCN(C(=O)c2ccc(C3SCCCS3)cc2)CC1. The minimum atomic E-state index is 0.134. The van der Waals surface area contributed by atoms with Gasteiger partial charge in [-0.15, -0.1) is 23.5 Å². The van der Waals surface area contributed by atoms with Gasteiger partial charge in [0.15, 0.2) is 0 Å². The molecule has 0 saturated carbocycles. The van der Waals surface area contributed by atoms with Gasteiger partial charge in [0, 0.05) is 31.7 Å². The Labute approximate surface area is 175 Å². The summed E-state index contributed by atoms with van der Waals surface area (Å²) in [6.07, 6.45) is 1.29. The van der Waals surface area contributed by atoms with E-state index in [-0.39, 0.29) is 5.91 Å². The number of rotatable bonds is 4. The minimum absolute atomic E-state index is 0.134. The first-order chi connectivity index (χ1) is 13.8. The van der Waals surface area contributed by atoms with Crippen LogP contribution in [0.1, 0.15) is 26.9 Å². The summed E-state index contributed by atoms with van der Waals surface area (Å²) in [6.45, 7) is 3.10. The molecule has 0 N–H and O–H groups in total. The lowest BCUT2D eigenvalue weighted by molar-refractivity contribution is 0.0746. The maximum Gasteiger partial charge on any atom is 0.253 e. The van der Waals surface area contributed by atoms with Gasteiger partial charge in [-0.3, -0.25) is 4.79 Å². The van der Waals surface area contributed by atoms with Crippen LogP contribution in [0.5, 0.6) is 5.75 Å². The van der Waals surface area contributed by atoms with E-state index in [4.69, 9.17) is 4.74 Å². The molecular formula is C22H26N2O2S2. The van der Waals surface area contributed by atoms with Crippen LogP contribution < -0.4 is 9.64 Å². The van der Waals surface area contributed by atoms with E-state index in [1.807, 2.05) is 58.8 Å². The molecule has 4 nitrogen and oxygen atoms in total. The van der Waals surface area contributed by atoms with Crippen LogP contribution >= 0.6 is 23.5 Å². The molecule has 28 heavy (non-hydrogen) atoms. The molecule has 2 fully saturated rings. The van der Waals surface area contributed by atoms with Crippen molar-refractivity contribution in [3.8, 4) is 5.75 Å². The van der Waals surface area contributed by atoms with Gasteiger partial charge >= 0.3 is 0 Å². The molecule has 2 aliphatic rings. The second-order valence-corrected chi connectivity index (χ2v) is 9.72. The van der Waals surface area contributed by atoms with Crippen LogP contribution in [0.15, 0.2) is 48.5 Å². The van der Waals surface area contributed by atoms with Crippen LogP contribution in [-0.4, -0.2) is 55.6 Å². The number of ether oxygens (including phenoxy) is 1. The molecule has 0 atom stereocenters. The predicted molar refractivity (Wildman–Crippen MR) is 120 cm³/mol. The average molecular weight is 415 g/mol. The number of carbonyl (C=O) groups is 1. The molecular weight excluding hydrogens is 388 g/mol. The van der Waals surface area contributed by atoms with Crippen LogP contribution in [0.2, 0.25) is 0 Å². The molecule has 0 unspecified atom stereocenters. The Kier molecular flexibility index (Phi) is 6.37. The van der Waals surface area contributed by atoms with E-state index in [0.29, 0.717) is 4.58 Å². The summed E-state index contributed by atoms with van der Waals surface area (Å²) in [6, 6.07) is 16.3. The zero-order valence-electron chi connectivity index (χ0n) is 16.2. The van der Waals surface area contributed by atoms with E-state index < -0.39 is 0 Å². The van der Waals surface area contributed by atoms with Crippen LogP contribution in [0, 0.1) is 0 Å². The lowest BCUT2D eigenvalue weighted by Gasteiger charge is -2.36. The van der Waals surface area contributed by atoms with E-state index in [2.05, 4.69) is 23.1 Å². The van der Waals surface area contributed by atoms with Crippen molar-refractivity contribution in [1.29, 1.82) is 0 Å². The number of hydrogen-bond acceptors (Lipinski definition) is 5. The molecule has 2 aliphatic heterocycles. The molecule has 0 radical (unpaired) electrons. The molecule has 0 aromatic heterocycles. The monoisotopic (exact) mass is 414 g/mol. The lowest BCUT2D eigenvalue weighted by Crippen LogP contribution is -2.48. The molecule has 2 heterocycles. The Hall–Kier alpha value is -1.79. The first kappa shape index (κ1) is 19.5. The van der Waals surface area contributed by atoms with Crippen LogP contribution in [0.25, 0.3) is 0 Å². The summed E-state index contributed by atoms with van der Waals surface area (Å²) in [5, 5.41) is 0. The highest BCUT2D eigenvalue weighted by Crippen LogP contribution is 2.43. The molecule has 2 saturated heterocycles. The van der Waals surface area contributed by atoms with Crippen molar-refractivity contribution >= 4 is 35.1 Å². The van der Waals surface area contributed by atoms with E-state index in [9.17, 15) is 4.79 Å². The molecule has 0 bridgehead atoms. The molecule has 2 aromatic rings. The van der Waals surface area contributed by atoms with Crippen molar-refractivity contribution in [2.24, 2.45) is 0 Å². The van der Waals surface area contributed by atoms with Crippen molar-refractivity contribution in [3.63, 3.8) is 0 Å². The van der Waals surface area contributed by atoms with Crippen molar-refractivity contribution in [3.05, 3.63) is 59.7 Å². The van der Waals surface area contributed by atoms with Crippen molar-refractivity contribution in [2.45, 2.75) is 11.0 Å². The third kappa shape index (κ3) is 4.28. The Morgan fingerprint density at radius 1 is 0.964 bits per heavy atom. The topological polar surface area (TPSA) is 32.8 Å². The van der Waals surface area contributed by atoms with Crippen molar-refractivity contribution in [1.82, 2.24) is 4.90 Å². The highest BCUT2D eigenvalue weighted by atomic mass is 32.2. The van der Waals surface area contributed by atoms with Gasteiger partial charge in [0.05, 0.1) is 17.4 Å². The molecule has 0 aliphatic carbocycles. The molecule has 4 rings (SSSR count).